The van der Waals surface area contributed by atoms with E-state index < -0.39 is 0 Å². The first-order valence-electron chi connectivity index (χ1n) is 10.8. The first-order chi connectivity index (χ1) is 14.8. The average molecular weight is 401 g/mol. The van der Waals surface area contributed by atoms with Gasteiger partial charge in [0.2, 0.25) is 0 Å². The fraction of sp³-hybridized carbons (Fsp3) is 0.308. The number of anilines is 1. The van der Waals surface area contributed by atoms with Crippen LogP contribution in [0.1, 0.15) is 65.2 Å². The van der Waals surface area contributed by atoms with Crippen molar-refractivity contribution in [3.05, 3.63) is 95.3 Å². The lowest BCUT2D eigenvalue weighted by Crippen LogP contribution is -2.07. The summed E-state index contributed by atoms with van der Waals surface area (Å²) in [5.41, 5.74) is 4.86. The lowest BCUT2D eigenvalue weighted by atomic mass is 9.85. The van der Waals surface area contributed by atoms with Crippen LogP contribution in [-0.2, 0) is 17.9 Å². The Morgan fingerprint density at radius 3 is 2.40 bits per heavy atom. The highest BCUT2D eigenvalue weighted by molar-refractivity contribution is 5.89. The maximum Gasteiger partial charge on any atom is 0.338 e. The van der Waals surface area contributed by atoms with Gasteiger partial charge < -0.3 is 10.1 Å². The second-order valence-corrected chi connectivity index (χ2v) is 7.91. The smallest absolute Gasteiger partial charge is 0.338 e. The molecule has 1 saturated carbocycles. The number of carbonyl (C=O) groups is 1. The maximum absolute atomic E-state index is 12.2. The number of ether oxygens (including phenoxy) is 1. The highest BCUT2D eigenvalue weighted by Crippen LogP contribution is 2.32. The zero-order chi connectivity index (χ0) is 20.6. The van der Waals surface area contributed by atoms with E-state index in [2.05, 4.69) is 22.4 Å². The molecule has 1 aromatic heterocycles. The molecule has 0 spiro atoms. The van der Waals surface area contributed by atoms with Crippen molar-refractivity contribution in [2.24, 2.45) is 0 Å². The lowest BCUT2D eigenvalue weighted by molar-refractivity contribution is 0.0473. The molecule has 1 N–H and O–H groups in total. The van der Waals surface area contributed by atoms with Crippen molar-refractivity contribution in [3.63, 3.8) is 0 Å². The Bertz CT molecular complexity index is 931. The molecule has 1 fully saturated rings. The van der Waals surface area contributed by atoms with E-state index in [1.165, 1.54) is 37.7 Å². The predicted octanol–water partition coefficient (Wildman–Crippen LogP) is 6.10. The third-order valence-corrected chi connectivity index (χ3v) is 5.73. The minimum absolute atomic E-state index is 0.280. The summed E-state index contributed by atoms with van der Waals surface area (Å²) in [7, 11) is 0. The van der Waals surface area contributed by atoms with E-state index >= 15 is 0 Å². The number of nitrogens with one attached hydrogen (secondary N) is 1. The summed E-state index contributed by atoms with van der Waals surface area (Å²) in [6, 6.07) is 21.4. The number of nitrogens with zero attached hydrogens (tertiary/aromatic N) is 1. The highest BCUT2D eigenvalue weighted by atomic mass is 16.5. The standard InChI is InChI=1S/C26H28N2O2/c29-26(30-19-20-7-3-1-4-8-20)22-11-14-24(15-12-22)28-18-25-16-13-23(17-27-25)21-9-5-2-6-10-21/h1,3-4,7-8,11-17,21,28H,2,5-6,9-10,18-19H2. The van der Waals surface area contributed by atoms with Gasteiger partial charge in [0, 0.05) is 11.9 Å². The molecule has 1 heterocycles. The monoisotopic (exact) mass is 400 g/mol. The summed E-state index contributed by atoms with van der Waals surface area (Å²) in [4.78, 5) is 16.8. The van der Waals surface area contributed by atoms with Gasteiger partial charge in [0.05, 0.1) is 17.8 Å². The molecule has 1 aliphatic rings. The molecular weight excluding hydrogens is 372 g/mol. The third-order valence-electron chi connectivity index (χ3n) is 5.73. The number of esters is 1. The van der Waals surface area contributed by atoms with Crippen molar-refractivity contribution in [2.45, 2.75) is 51.2 Å². The van der Waals surface area contributed by atoms with Crippen LogP contribution in [0, 0.1) is 0 Å². The Labute approximate surface area is 178 Å². The Balaban J connectivity index is 1.26. The SMILES string of the molecule is O=C(OCc1ccccc1)c1ccc(NCc2ccc(C3CCCCC3)cn2)cc1. The average Bonchev–Trinajstić information content (AvgIpc) is 2.83. The summed E-state index contributed by atoms with van der Waals surface area (Å²) < 4.78 is 5.38. The lowest BCUT2D eigenvalue weighted by Gasteiger charge is -2.21. The van der Waals surface area contributed by atoms with E-state index in [0.29, 0.717) is 18.0 Å². The second-order valence-electron chi connectivity index (χ2n) is 7.91. The minimum Gasteiger partial charge on any atom is -0.457 e. The van der Waals surface area contributed by atoms with Crippen molar-refractivity contribution in [1.29, 1.82) is 0 Å². The number of hydrogen-bond donors (Lipinski definition) is 1. The van der Waals surface area contributed by atoms with Crippen LogP contribution < -0.4 is 5.32 Å². The van der Waals surface area contributed by atoms with Gasteiger partial charge in [0.25, 0.3) is 0 Å². The molecule has 0 saturated heterocycles. The Kier molecular flexibility index (Phi) is 6.75. The van der Waals surface area contributed by atoms with Crippen LogP contribution in [0.5, 0.6) is 0 Å². The highest BCUT2D eigenvalue weighted by Gasteiger charge is 2.15. The molecule has 0 atom stereocenters. The van der Waals surface area contributed by atoms with Gasteiger partial charge in [0.1, 0.15) is 6.61 Å². The second kappa shape index (κ2) is 10.1. The van der Waals surface area contributed by atoms with Crippen LogP contribution in [0.25, 0.3) is 0 Å². The predicted molar refractivity (Wildman–Crippen MR) is 119 cm³/mol. The normalized spacial score (nSPS) is 14.3. The first kappa shape index (κ1) is 20.1. The molecule has 0 aliphatic heterocycles. The van der Waals surface area contributed by atoms with E-state index in [-0.39, 0.29) is 12.6 Å². The molecule has 30 heavy (non-hydrogen) atoms. The number of hydrogen-bond acceptors (Lipinski definition) is 4. The number of benzene rings is 2. The molecule has 4 heteroatoms. The summed E-state index contributed by atoms with van der Waals surface area (Å²) >= 11 is 0. The molecule has 0 radical (unpaired) electrons. The minimum atomic E-state index is -0.314. The number of rotatable bonds is 7. The van der Waals surface area contributed by atoms with E-state index in [9.17, 15) is 4.79 Å². The van der Waals surface area contributed by atoms with Crippen LogP contribution in [0.15, 0.2) is 72.9 Å². The number of carbonyl (C=O) groups excluding carboxylic acids is 1. The van der Waals surface area contributed by atoms with Crippen LogP contribution in [0.4, 0.5) is 5.69 Å². The van der Waals surface area contributed by atoms with E-state index in [1.54, 1.807) is 12.1 Å². The summed E-state index contributed by atoms with van der Waals surface area (Å²) in [5, 5.41) is 3.37. The van der Waals surface area contributed by atoms with Crippen LogP contribution in [0.3, 0.4) is 0 Å². The van der Waals surface area contributed by atoms with Crippen molar-refractivity contribution in [3.8, 4) is 0 Å². The Morgan fingerprint density at radius 2 is 1.70 bits per heavy atom. The van der Waals surface area contributed by atoms with Gasteiger partial charge in [-0.15, -0.1) is 0 Å². The van der Waals surface area contributed by atoms with E-state index in [1.807, 2.05) is 48.7 Å². The summed E-state index contributed by atoms with van der Waals surface area (Å²) in [6.07, 6.45) is 8.67. The van der Waals surface area contributed by atoms with Crippen LogP contribution in [-0.4, -0.2) is 11.0 Å². The first-order valence-corrected chi connectivity index (χ1v) is 10.8. The molecule has 3 aromatic rings. The molecule has 0 unspecified atom stereocenters. The van der Waals surface area contributed by atoms with Gasteiger partial charge in [-0.05, 0) is 60.2 Å². The van der Waals surface area contributed by atoms with Crippen molar-refractivity contribution >= 4 is 11.7 Å². The van der Waals surface area contributed by atoms with Gasteiger partial charge in [0.15, 0.2) is 0 Å². The third kappa shape index (κ3) is 5.47. The fourth-order valence-electron chi connectivity index (χ4n) is 3.94. The quantitative estimate of drug-likeness (QED) is 0.487. The molecule has 2 aromatic carbocycles. The van der Waals surface area contributed by atoms with Gasteiger partial charge in [-0.1, -0.05) is 55.7 Å². The zero-order valence-corrected chi connectivity index (χ0v) is 17.2. The molecule has 0 amide bonds. The van der Waals surface area contributed by atoms with Crippen molar-refractivity contribution in [2.75, 3.05) is 5.32 Å². The number of aromatic nitrogens is 1. The summed E-state index contributed by atoms with van der Waals surface area (Å²) in [6.45, 7) is 0.935. The largest absolute Gasteiger partial charge is 0.457 e. The zero-order valence-electron chi connectivity index (χ0n) is 17.2. The Hall–Kier alpha value is -3.14. The van der Waals surface area contributed by atoms with Crippen LogP contribution in [0.2, 0.25) is 0 Å². The van der Waals surface area contributed by atoms with E-state index in [4.69, 9.17) is 4.74 Å². The summed E-state index contributed by atoms with van der Waals surface area (Å²) in [5.74, 6) is 0.368. The van der Waals surface area contributed by atoms with Gasteiger partial charge in [-0.2, -0.15) is 0 Å². The molecule has 4 nitrogen and oxygen atoms in total. The van der Waals surface area contributed by atoms with Crippen LogP contribution >= 0.6 is 0 Å². The van der Waals surface area contributed by atoms with Crippen molar-refractivity contribution < 1.29 is 9.53 Å². The van der Waals surface area contributed by atoms with E-state index in [0.717, 1.165) is 16.9 Å². The Morgan fingerprint density at radius 1 is 0.933 bits per heavy atom. The number of pyridine rings is 1. The molecule has 0 bridgehead atoms. The molecule has 4 rings (SSSR count). The molecule has 1 aliphatic carbocycles. The van der Waals surface area contributed by atoms with Crippen molar-refractivity contribution in [1.82, 2.24) is 4.98 Å². The van der Waals surface area contributed by atoms with Gasteiger partial charge in [-0.3, -0.25) is 4.98 Å². The maximum atomic E-state index is 12.2. The van der Waals surface area contributed by atoms with Gasteiger partial charge in [-0.25, -0.2) is 4.79 Å². The molecule has 154 valence electrons. The fourth-order valence-corrected chi connectivity index (χ4v) is 3.94. The van der Waals surface area contributed by atoms with Gasteiger partial charge >= 0.3 is 5.97 Å². The molecular formula is C26H28N2O2. The topological polar surface area (TPSA) is 51.2 Å².